The Morgan fingerprint density at radius 1 is 0.917 bits per heavy atom. The number of nitrogens with one attached hydrogen (secondary N) is 3. The Bertz CT molecular complexity index is 1180. The van der Waals surface area contributed by atoms with Crippen LogP contribution in [-0.2, 0) is 27.2 Å². The van der Waals surface area contributed by atoms with Crippen LogP contribution in [0.5, 0.6) is 5.75 Å². The highest BCUT2D eigenvalue weighted by Gasteiger charge is 2.28. The predicted octanol–water partition coefficient (Wildman–Crippen LogP) is 1.17. The molecule has 9 N–H and O–H groups in total. The molecule has 2 amide bonds. The minimum Gasteiger partial charge on any atom is -0.508 e. The number of hydrogen-bond donors (Lipinski definition) is 7. The summed E-state index contributed by atoms with van der Waals surface area (Å²) in [7, 11) is 0. The van der Waals surface area contributed by atoms with Crippen LogP contribution in [0, 0.1) is 0 Å². The van der Waals surface area contributed by atoms with Crippen LogP contribution in [0.4, 0.5) is 0 Å². The Morgan fingerprint density at radius 2 is 1.61 bits per heavy atom. The molecule has 3 atom stereocenters. The number of nitrogens with two attached hydrogens (primary N) is 2. The van der Waals surface area contributed by atoms with Crippen LogP contribution in [0.15, 0.2) is 54.7 Å². The molecule has 192 valence electrons. The average Bonchev–Trinajstić information content (AvgIpc) is 3.27. The van der Waals surface area contributed by atoms with Gasteiger partial charge in [-0.1, -0.05) is 30.3 Å². The maximum Gasteiger partial charge on any atom is 0.326 e. The zero-order chi connectivity index (χ0) is 26.1. The molecule has 1 heterocycles. The van der Waals surface area contributed by atoms with Crippen LogP contribution < -0.4 is 22.1 Å². The lowest BCUT2D eigenvalue weighted by Gasteiger charge is -2.23. The number of amides is 2. The Labute approximate surface area is 209 Å². The first-order valence-corrected chi connectivity index (χ1v) is 11.9. The summed E-state index contributed by atoms with van der Waals surface area (Å²) >= 11 is 0. The molecule has 0 radical (unpaired) electrons. The fourth-order valence-corrected chi connectivity index (χ4v) is 4.01. The molecule has 0 saturated carbocycles. The van der Waals surface area contributed by atoms with E-state index in [-0.39, 0.29) is 18.6 Å². The Balaban J connectivity index is 1.67. The molecule has 0 aliphatic heterocycles. The number of para-hydroxylation sites is 1. The van der Waals surface area contributed by atoms with Crippen molar-refractivity contribution in [3.63, 3.8) is 0 Å². The second-order valence-electron chi connectivity index (χ2n) is 8.79. The van der Waals surface area contributed by atoms with Gasteiger partial charge in [0.1, 0.15) is 17.8 Å². The summed E-state index contributed by atoms with van der Waals surface area (Å²) in [4.78, 5) is 40.9. The molecule has 3 aromatic rings. The van der Waals surface area contributed by atoms with Crippen molar-refractivity contribution in [2.24, 2.45) is 11.5 Å². The molecule has 1 aromatic heterocycles. The summed E-state index contributed by atoms with van der Waals surface area (Å²) in [6.45, 7) is 0.432. The summed E-state index contributed by atoms with van der Waals surface area (Å²) in [5, 5.41) is 25.3. The first-order valence-electron chi connectivity index (χ1n) is 11.9. The van der Waals surface area contributed by atoms with E-state index in [9.17, 15) is 24.6 Å². The number of fused-ring (bicyclic) bond motifs is 1. The van der Waals surface area contributed by atoms with Gasteiger partial charge in [0.2, 0.25) is 11.8 Å². The molecule has 36 heavy (non-hydrogen) atoms. The van der Waals surface area contributed by atoms with Gasteiger partial charge in [0, 0.05) is 23.5 Å². The number of aromatic amines is 1. The normalized spacial score (nSPS) is 13.6. The SMILES string of the molecule is NCCCC[C@H](NC(=O)[C@@H](N)Cc1ccc(O)cc1)C(=O)N[C@@H](Cc1c[nH]c2ccccc12)C(=O)O. The smallest absolute Gasteiger partial charge is 0.326 e. The maximum absolute atomic E-state index is 13.1. The molecule has 10 nitrogen and oxygen atoms in total. The fourth-order valence-electron chi connectivity index (χ4n) is 4.01. The molecule has 0 fully saturated rings. The summed E-state index contributed by atoms with van der Waals surface area (Å²) in [6.07, 6.45) is 3.53. The highest BCUT2D eigenvalue weighted by atomic mass is 16.4. The summed E-state index contributed by atoms with van der Waals surface area (Å²) in [6, 6.07) is 10.8. The van der Waals surface area contributed by atoms with E-state index < -0.39 is 35.9 Å². The van der Waals surface area contributed by atoms with Crippen LogP contribution in [0.3, 0.4) is 0 Å². The number of carboxylic acids is 1. The van der Waals surface area contributed by atoms with E-state index in [1.54, 1.807) is 18.3 Å². The summed E-state index contributed by atoms with van der Waals surface area (Å²) in [5.41, 5.74) is 14.0. The van der Waals surface area contributed by atoms with E-state index in [2.05, 4.69) is 15.6 Å². The third-order valence-corrected chi connectivity index (χ3v) is 6.02. The molecule has 3 rings (SSSR count). The number of phenols is 1. The number of aliphatic carboxylic acids is 1. The molecule has 0 spiro atoms. The van der Waals surface area contributed by atoms with E-state index in [0.717, 1.165) is 22.0 Å². The second kappa shape index (κ2) is 12.7. The number of H-pyrrole nitrogens is 1. The van der Waals surface area contributed by atoms with E-state index in [1.165, 1.54) is 12.1 Å². The first kappa shape index (κ1) is 26.7. The molecule has 10 heteroatoms. The van der Waals surface area contributed by atoms with Crippen molar-refractivity contribution in [2.45, 2.75) is 50.2 Å². The van der Waals surface area contributed by atoms with E-state index in [0.29, 0.717) is 25.8 Å². The number of phenolic OH excluding ortho intramolecular Hbond substituents is 1. The molecule has 0 bridgehead atoms. The quantitative estimate of drug-likeness (QED) is 0.174. The van der Waals surface area contributed by atoms with Gasteiger partial charge in [-0.25, -0.2) is 4.79 Å². The van der Waals surface area contributed by atoms with Crippen LogP contribution in [0.1, 0.15) is 30.4 Å². The van der Waals surface area contributed by atoms with E-state index in [4.69, 9.17) is 11.5 Å². The van der Waals surface area contributed by atoms with E-state index in [1.807, 2.05) is 24.3 Å². The number of carbonyl (C=O) groups excluding carboxylic acids is 2. The highest BCUT2D eigenvalue weighted by molar-refractivity contribution is 5.92. The van der Waals surface area contributed by atoms with Crippen molar-refractivity contribution in [1.29, 1.82) is 0 Å². The van der Waals surface area contributed by atoms with Crippen molar-refractivity contribution in [2.75, 3.05) is 6.54 Å². The van der Waals surface area contributed by atoms with Gasteiger partial charge in [0.15, 0.2) is 0 Å². The molecule has 0 aliphatic carbocycles. The van der Waals surface area contributed by atoms with Gasteiger partial charge in [-0.3, -0.25) is 9.59 Å². The van der Waals surface area contributed by atoms with Crippen LogP contribution >= 0.6 is 0 Å². The zero-order valence-corrected chi connectivity index (χ0v) is 19.9. The molecule has 0 unspecified atom stereocenters. The molecule has 2 aromatic carbocycles. The Kier molecular flexibility index (Phi) is 9.43. The van der Waals surface area contributed by atoms with Crippen LogP contribution in [0.2, 0.25) is 0 Å². The zero-order valence-electron chi connectivity index (χ0n) is 19.9. The minimum atomic E-state index is -1.18. The number of unbranched alkanes of at least 4 members (excludes halogenated alkanes) is 1. The largest absolute Gasteiger partial charge is 0.508 e. The Morgan fingerprint density at radius 3 is 2.31 bits per heavy atom. The number of benzene rings is 2. The average molecular weight is 496 g/mol. The number of carbonyl (C=O) groups is 3. The lowest BCUT2D eigenvalue weighted by Crippen LogP contribution is -2.55. The van der Waals surface area contributed by atoms with E-state index >= 15 is 0 Å². The van der Waals surface area contributed by atoms with Gasteiger partial charge in [-0.05, 0) is 61.6 Å². The lowest BCUT2D eigenvalue weighted by molar-refractivity contribution is -0.142. The van der Waals surface area contributed by atoms with Crippen LogP contribution in [0.25, 0.3) is 10.9 Å². The van der Waals surface area contributed by atoms with Crippen LogP contribution in [-0.4, -0.2) is 57.7 Å². The topological polar surface area (TPSA) is 184 Å². The molecular formula is C26H33N5O5. The van der Waals surface area contributed by atoms with Gasteiger partial charge in [0.25, 0.3) is 0 Å². The minimum absolute atomic E-state index is 0.0783. The third-order valence-electron chi connectivity index (χ3n) is 6.02. The lowest BCUT2D eigenvalue weighted by atomic mass is 10.0. The number of aromatic nitrogens is 1. The van der Waals surface area contributed by atoms with Gasteiger partial charge in [-0.2, -0.15) is 0 Å². The number of hydrogen-bond acceptors (Lipinski definition) is 6. The molecule has 0 saturated heterocycles. The number of carboxylic acid groups (broad SMARTS) is 1. The monoisotopic (exact) mass is 495 g/mol. The summed E-state index contributed by atoms with van der Waals surface area (Å²) < 4.78 is 0. The second-order valence-corrected chi connectivity index (χ2v) is 8.79. The van der Waals surface area contributed by atoms with Crippen molar-refractivity contribution in [3.05, 3.63) is 65.9 Å². The predicted molar refractivity (Wildman–Crippen MR) is 136 cm³/mol. The highest BCUT2D eigenvalue weighted by Crippen LogP contribution is 2.19. The Hall–Kier alpha value is -3.89. The molecule has 0 aliphatic rings. The maximum atomic E-state index is 13.1. The standard InChI is InChI=1S/C26H33N5O5/c27-12-4-3-7-22(30-24(33)20(28)13-16-8-10-18(32)11-9-16)25(34)31-23(26(35)36)14-17-15-29-21-6-2-1-5-19(17)21/h1-2,5-6,8-11,15,20,22-23,29,32H,3-4,7,12-14,27-28H2,(H,30,33)(H,31,34)(H,35,36)/t20-,22-,23-/m0/s1. The van der Waals surface area contributed by atoms with Gasteiger partial charge in [-0.15, -0.1) is 0 Å². The summed E-state index contributed by atoms with van der Waals surface area (Å²) in [5.74, 6) is -2.19. The number of rotatable bonds is 13. The number of aromatic hydroxyl groups is 1. The third kappa shape index (κ3) is 7.30. The molecular weight excluding hydrogens is 462 g/mol. The van der Waals surface area contributed by atoms with Crippen molar-refractivity contribution >= 4 is 28.7 Å². The van der Waals surface area contributed by atoms with Crippen molar-refractivity contribution in [1.82, 2.24) is 15.6 Å². The van der Waals surface area contributed by atoms with Crippen molar-refractivity contribution in [3.8, 4) is 5.75 Å². The van der Waals surface area contributed by atoms with Gasteiger partial charge in [0.05, 0.1) is 6.04 Å². The van der Waals surface area contributed by atoms with Gasteiger partial charge < -0.3 is 37.3 Å². The van der Waals surface area contributed by atoms with Gasteiger partial charge >= 0.3 is 5.97 Å². The fraction of sp³-hybridized carbons (Fsp3) is 0.346. The first-order chi connectivity index (χ1) is 17.3. The van der Waals surface area contributed by atoms with Crippen molar-refractivity contribution < 1.29 is 24.6 Å².